The Hall–Kier alpha value is -1.80. The van der Waals surface area contributed by atoms with E-state index in [9.17, 15) is 13.6 Å². The number of nitrogens with one attached hydrogen (secondary N) is 1. The second-order valence-corrected chi connectivity index (χ2v) is 6.99. The van der Waals surface area contributed by atoms with Gasteiger partial charge in [0.15, 0.2) is 11.6 Å². The summed E-state index contributed by atoms with van der Waals surface area (Å²) in [6.45, 7) is 1.86. The third-order valence-electron chi connectivity index (χ3n) is 3.43. The van der Waals surface area contributed by atoms with Gasteiger partial charge in [-0.3, -0.25) is 4.79 Å². The van der Waals surface area contributed by atoms with Gasteiger partial charge in [0.2, 0.25) is 5.91 Å². The molecular formula is C16H11Br2F2N3O. The molecule has 4 nitrogen and oxygen atoms in total. The molecule has 0 bridgehead atoms. The SMILES string of the molecule is Cc1cc(Br)c(NC(=O)Cn2cnc3cc(F)c(F)cc32)c(Br)c1. The molecule has 0 saturated carbocycles. The Morgan fingerprint density at radius 2 is 1.79 bits per heavy atom. The first-order chi connectivity index (χ1) is 11.3. The summed E-state index contributed by atoms with van der Waals surface area (Å²) < 4.78 is 29.6. The monoisotopic (exact) mass is 457 g/mol. The summed E-state index contributed by atoms with van der Waals surface area (Å²) in [6.07, 6.45) is 1.38. The Morgan fingerprint density at radius 3 is 2.46 bits per heavy atom. The number of hydrogen-bond donors (Lipinski definition) is 1. The quantitative estimate of drug-likeness (QED) is 0.613. The van der Waals surface area contributed by atoms with Crippen LogP contribution in [0.3, 0.4) is 0 Å². The molecule has 0 aliphatic carbocycles. The highest BCUT2D eigenvalue weighted by molar-refractivity contribution is 9.11. The first-order valence-electron chi connectivity index (χ1n) is 6.90. The lowest BCUT2D eigenvalue weighted by Crippen LogP contribution is -2.19. The number of halogens is 4. The van der Waals surface area contributed by atoms with Crippen LogP contribution in [0.1, 0.15) is 5.56 Å². The fourth-order valence-electron chi connectivity index (χ4n) is 2.33. The fourth-order valence-corrected chi connectivity index (χ4v) is 3.95. The molecule has 0 aliphatic heterocycles. The van der Waals surface area contributed by atoms with Crippen LogP contribution in [0.15, 0.2) is 39.5 Å². The average molecular weight is 459 g/mol. The largest absolute Gasteiger partial charge is 0.323 e. The van der Waals surface area contributed by atoms with Crippen LogP contribution in [0.25, 0.3) is 11.0 Å². The van der Waals surface area contributed by atoms with Crippen molar-refractivity contribution in [3.8, 4) is 0 Å². The van der Waals surface area contributed by atoms with Gasteiger partial charge in [0.25, 0.3) is 0 Å². The standard InChI is InChI=1S/C16H11Br2F2N3O/c1-8-2-9(17)16(10(18)3-8)22-15(24)6-23-7-21-13-4-11(19)12(20)5-14(13)23/h2-5,7H,6H2,1H3,(H,22,24). The minimum atomic E-state index is -0.978. The summed E-state index contributed by atoms with van der Waals surface area (Å²) in [4.78, 5) is 16.3. The van der Waals surface area contributed by atoms with Crippen LogP contribution < -0.4 is 5.32 Å². The number of benzene rings is 2. The topological polar surface area (TPSA) is 46.9 Å². The summed E-state index contributed by atoms with van der Waals surface area (Å²) in [5, 5.41) is 2.79. The van der Waals surface area contributed by atoms with Gasteiger partial charge in [-0.05, 0) is 56.5 Å². The number of anilines is 1. The number of carbonyl (C=O) groups is 1. The van der Waals surface area contributed by atoms with Crippen LogP contribution in [0.5, 0.6) is 0 Å². The summed E-state index contributed by atoms with van der Waals surface area (Å²) in [6, 6.07) is 5.80. The van der Waals surface area contributed by atoms with E-state index < -0.39 is 11.6 Å². The molecule has 2 aromatic carbocycles. The number of fused-ring (bicyclic) bond motifs is 1. The van der Waals surface area contributed by atoms with Gasteiger partial charge in [0.05, 0.1) is 23.0 Å². The van der Waals surface area contributed by atoms with E-state index in [4.69, 9.17) is 0 Å². The second kappa shape index (κ2) is 6.60. The number of nitrogens with zero attached hydrogens (tertiary/aromatic N) is 2. The maximum Gasteiger partial charge on any atom is 0.244 e. The van der Waals surface area contributed by atoms with Crippen molar-refractivity contribution in [3.05, 3.63) is 56.7 Å². The Morgan fingerprint density at radius 1 is 1.17 bits per heavy atom. The van der Waals surface area contributed by atoms with E-state index in [0.29, 0.717) is 16.7 Å². The Bertz CT molecular complexity index is 933. The van der Waals surface area contributed by atoms with E-state index in [-0.39, 0.29) is 12.5 Å². The summed E-state index contributed by atoms with van der Waals surface area (Å²) in [5.74, 6) is -2.26. The van der Waals surface area contributed by atoms with Crippen LogP contribution in [0.4, 0.5) is 14.5 Å². The lowest BCUT2D eigenvalue weighted by molar-refractivity contribution is -0.116. The lowest BCUT2D eigenvalue weighted by Gasteiger charge is -2.11. The highest BCUT2D eigenvalue weighted by Gasteiger charge is 2.14. The molecule has 0 fully saturated rings. The minimum Gasteiger partial charge on any atom is -0.323 e. The molecule has 0 radical (unpaired) electrons. The number of carbonyl (C=O) groups excluding carboxylic acids is 1. The molecule has 1 N–H and O–H groups in total. The average Bonchev–Trinajstić information content (AvgIpc) is 2.85. The normalized spacial score (nSPS) is 11.0. The number of rotatable bonds is 3. The lowest BCUT2D eigenvalue weighted by atomic mass is 10.2. The van der Waals surface area contributed by atoms with Crippen molar-refractivity contribution in [1.29, 1.82) is 0 Å². The smallest absolute Gasteiger partial charge is 0.244 e. The van der Waals surface area contributed by atoms with Crippen molar-refractivity contribution in [2.75, 3.05) is 5.32 Å². The van der Waals surface area contributed by atoms with Gasteiger partial charge in [-0.15, -0.1) is 0 Å². The number of aryl methyl sites for hydroxylation is 1. The molecule has 1 amide bonds. The third-order valence-corrected chi connectivity index (χ3v) is 4.68. The highest BCUT2D eigenvalue weighted by Crippen LogP contribution is 2.32. The molecule has 1 heterocycles. The number of imidazole rings is 1. The van der Waals surface area contributed by atoms with Gasteiger partial charge in [0, 0.05) is 21.1 Å². The molecule has 0 unspecified atom stereocenters. The predicted molar refractivity (Wildman–Crippen MR) is 94.9 cm³/mol. The van der Waals surface area contributed by atoms with Gasteiger partial charge < -0.3 is 9.88 Å². The number of aromatic nitrogens is 2. The molecule has 0 aliphatic rings. The Kier molecular flexibility index (Phi) is 4.69. The molecule has 1 aromatic heterocycles. The van der Waals surface area contributed by atoms with E-state index >= 15 is 0 Å². The van der Waals surface area contributed by atoms with Crippen molar-refractivity contribution < 1.29 is 13.6 Å². The third kappa shape index (κ3) is 3.34. The summed E-state index contributed by atoms with van der Waals surface area (Å²) in [5.41, 5.74) is 2.28. The van der Waals surface area contributed by atoms with Crippen molar-refractivity contribution in [2.24, 2.45) is 0 Å². The van der Waals surface area contributed by atoms with Gasteiger partial charge in [0.1, 0.15) is 6.54 Å². The van der Waals surface area contributed by atoms with Crippen molar-refractivity contribution in [3.63, 3.8) is 0 Å². The first kappa shape index (κ1) is 17.0. The first-order valence-corrected chi connectivity index (χ1v) is 8.49. The molecule has 3 aromatic rings. The molecule has 8 heteroatoms. The van der Waals surface area contributed by atoms with Gasteiger partial charge >= 0.3 is 0 Å². The fraction of sp³-hybridized carbons (Fsp3) is 0.125. The predicted octanol–water partition coefficient (Wildman–Crippen LogP) is 4.79. The maximum absolute atomic E-state index is 13.4. The van der Waals surface area contributed by atoms with Crippen molar-refractivity contribution in [2.45, 2.75) is 13.5 Å². The molecule has 0 spiro atoms. The van der Waals surface area contributed by atoms with Crippen molar-refractivity contribution in [1.82, 2.24) is 9.55 Å². The molecule has 124 valence electrons. The molecular weight excluding hydrogens is 448 g/mol. The van der Waals surface area contributed by atoms with Crippen LogP contribution >= 0.6 is 31.9 Å². The van der Waals surface area contributed by atoms with Crippen LogP contribution in [0.2, 0.25) is 0 Å². The van der Waals surface area contributed by atoms with E-state index in [1.807, 2.05) is 19.1 Å². The molecule has 24 heavy (non-hydrogen) atoms. The van der Waals surface area contributed by atoms with Gasteiger partial charge in [-0.1, -0.05) is 0 Å². The highest BCUT2D eigenvalue weighted by atomic mass is 79.9. The van der Waals surface area contributed by atoms with Crippen LogP contribution in [-0.4, -0.2) is 15.5 Å². The maximum atomic E-state index is 13.4. The minimum absolute atomic E-state index is 0.0751. The zero-order valence-corrected chi connectivity index (χ0v) is 15.6. The Labute approximate surface area is 153 Å². The second-order valence-electron chi connectivity index (χ2n) is 5.28. The zero-order chi connectivity index (χ0) is 17.4. The molecule has 3 rings (SSSR count). The van der Waals surface area contributed by atoms with Crippen LogP contribution in [0, 0.1) is 18.6 Å². The van der Waals surface area contributed by atoms with Crippen LogP contribution in [-0.2, 0) is 11.3 Å². The molecule has 0 saturated heterocycles. The van der Waals surface area contributed by atoms with Crippen molar-refractivity contribution >= 4 is 54.5 Å². The summed E-state index contributed by atoms with van der Waals surface area (Å²) in [7, 11) is 0. The van der Waals surface area contributed by atoms with E-state index in [0.717, 1.165) is 26.6 Å². The zero-order valence-electron chi connectivity index (χ0n) is 12.4. The Balaban J connectivity index is 1.85. The summed E-state index contributed by atoms with van der Waals surface area (Å²) >= 11 is 6.81. The molecule has 0 atom stereocenters. The van der Waals surface area contributed by atoms with E-state index in [1.54, 1.807) is 0 Å². The number of amides is 1. The number of hydrogen-bond acceptors (Lipinski definition) is 2. The van der Waals surface area contributed by atoms with Gasteiger partial charge in [-0.2, -0.15) is 0 Å². The van der Waals surface area contributed by atoms with E-state index in [1.165, 1.54) is 10.9 Å². The van der Waals surface area contributed by atoms with E-state index in [2.05, 4.69) is 42.2 Å². The van der Waals surface area contributed by atoms with Gasteiger partial charge in [-0.25, -0.2) is 13.8 Å².